The number of hydrogen-bond acceptors (Lipinski definition) is 9. The lowest BCUT2D eigenvalue weighted by molar-refractivity contribution is 0.0924. The van der Waals surface area contributed by atoms with Crippen molar-refractivity contribution in [1.29, 1.82) is 0 Å². The summed E-state index contributed by atoms with van der Waals surface area (Å²) in [7, 11) is 0. The van der Waals surface area contributed by atoms with Gasteiger partial charge in [0.1, 0.15) is 17.0 Å². The quantitative estimate of drug-likeness (QED) is 0.483. The number of fused-ring (bicyclic) bond motifs is 1. The second-order valence-electron chi connectivity index (χ2n) is 10.9. The summed E-state index contributed by atoms with van der Waals surface area (Å²) in [6.45, 7) is 8.98. The Morgan fingerprint density at radius 1 is 1.18 bits per heavy atom. The van der Waals surface area contributed by atoms with Crippen LogP contribution in [0.4, 0.5) is 21.6 Å². The van der Waals surface area contributed by atoms with E-state index in [0.29, 0.717) is 53.1 Å². The van der Waals surface area contributed by atoms with Crippen molar-refractivity contribution in [3.05, 3.63) is 51.5 Å². The molecule has 2 saturated heterocycles. The second kappa shape index (κ2) is 9.63. The topological polar surface area (TPSA) is 117 Å². The van der Waals surface area contributed by atoms with E-state index < -0.39 is 11.5 Å². The van der Waals surface area contributed by atoms with Crippen LogP contribution < -0.4 is 21.2 Å². The minimum absolute atomic E-state index is 0.0595. The van der Waals surface area contributed by atoms with Gasteiger partial charge in [0.25, 0.3) is 5.91 Å². The monoisotopic (exact) mass is 546 g/mol. The molecule has 3 atom stereocenters. The number of aromatic nitrogens is 3. The minimum Gasteiger partial charge on any atom is -0.381 e. The molecule has 2 aromatic heterocycles. The standard InChI is InChI=1S/C28H31FN8O3/c1-3-37-26-22-20(30-14-31-26)10-16(23(29)25(22)34-28(37)39)11-35-6-8-36(9-7-35)21-5-4-19(32-15(21)2)27(38)33-24-17-12-40-13-18(17)24/h4-5,10,14,17-18,24H,3,6-9,11-13H2,1-2H3,(H,30,31)(H,33,38)/t17-,18+,24?. The number of hydrogen-bond donors (Lipinski definition) is 2. The number of aliphatic imine (C=N–C) groups is 1. The summed E-state index contributed by atoms with van der Waals surface area (Å²) in [5, 5.41) is 6.72. The number of aryl methyl sites for hydroxylation is 1. The molecule has 5 heterocycles. The number of carbonyl (C=O) groups is 1. The molecule has 12 heteroatoms. The first-order valence-electron chi connectivity index (χ1n) is 13.8. The van der Waals surface area contributed by atoms with Gasteiger partial charge in [0.15, 0.2) is 5.82 Å². The van der Waals surface area contributed by atoms with Crippen molar-refractivity contribution in [2.75, 3.05) is 49.6 Å². The van der Waals surface area contributed by atoms with E-state index in [1.54, 1.807) is 12.1 Å². The number of amides is 1. The Kier molecular flexibility index (Phi) is 6.04. The zero-order valence-corrected chi connectivity index (χ0v) is 22.5. The van der Waals surface area contributed by atoms with Crippen molar-refractivity contribution in [2.24, 2.45) is 16.8 Å². The molecule has 7 rings (SSSR count). The van der Waals surface area contributed by atoms with E-state index in [4.69, 9.17) is 4.74 Å². The maximum absolute atomic E-state index is 15.6. The number of anilines is 2. The highest BCUT2D eigenvalue weighted by Gasteiger charge is 2.54. The molecule has 1 aliphatic carbocycles. The third-order valence-electron chi connectivity index (χ3n) is 8.60. The summed E-state index contributed by atoms with van der Waals surface area (Å²) < 4.78 is 22.5. The third-order valence-corrected chi connectivity index (χ3v) is 8.60. The average molecular weight is 547 g/mol. The molecule has 2 N–H and O–H groups in total. The third kappa shape index (κ3) is 4.13. The molecule has 1 amide bonds. The summed E-state index contributed by atoms with van der Waals surface area (Å²) >= 11 is 0. The SMILES string of the molecule is CCn1c2c3c(cc(CN4CCN(c5ccc(C(=O)NC6[C@H]7COC[C@@H]67)nc5C)CC4)c(F)c3nc1=O)NC=N2. The van der Waals surface area contributed by atoms with Crippen LogP contribution in [0, 0.1) is 24.6 Å². The van der Waals surface area contributed by atoms with Gasteiger partial charge in [0, 0.05) is 62.7 Å². The number of halogens is 1. The van der Waals surface area contributed by atoms with Crippen molar-refractivity contribution in [3.63, 3.8) is 0 Å². The lowest BCUT2D eigenvalue weighted by Gasteiger charge is -2.36. The fraction of sp³-hybridized carbons (Fsp3) is 0.464. The van der Waals surface area contributed by atoms with Crippen LogP contribution in [0.3, 0.4) is 0 Å². The predicted octanol–water partition coefficient (Wildman–Crippen LogP) is 2.04. The van der Waals surface area contributed by atoms with Crippen LogP contribution in [0.25, 0.3) is 10.9 Å². The van der Waals surface area contributed by atoms with Gasteiger partial charge in [-0.3, -0.25) is 14.3 Å². The second-order valence-corrected chi connectivity index (χ2v) is 10.9. The Balaban J connectivity index is 1.03. The van der Waals surface area contributed by atoms with Crippen LogP contribution in [-0.2, 0) is 17.8 Å². The van der Waals surface area contributed by atoms with Crippen LogP contribution >= 0.6 is 0 Å². The van der Waals surface area contributed by atoms with Crippen molar-refractivity contribution in [1.82, 2.24) is 24.8 Å². The molecule has 1 aromatic carbocycles. The number of carbonyl (C=O) groups excluding carboxylic acids is 1. The molecule has 3 fully saturated rings. The van der Waals surface area contributed by atoms with E-state index in [-0.39, 0.29) is 17.5 Å². The number of ether oxygens (including phenoxy) is 1. The number of piperazine rings is 1. The van der Waals surface area contributed by atoms with Crippen molar-refractivity contribution < 1.29 is 13.9 Å². The summed E-state index contributed by atoms with van der Waals surface area (Å²) in [6.07, 6.45) is 1.53. The fourth-order valence-corrected chi connectivity index (χ4v) is 6.30. The van der Waals surface area contributed by atoms with Gasteiger partial charge in [-0.05, 0) is 32.0 Å². The molecular formula is C28H31FN8O3. The first-order valence-corrected chi connectivity index (χ1v) is 13.8. The zero-order chi connectivity index (χ0) is 27.5. The van der Waals surface area contributed by atoms with Crippen LogP contribution in [0.2, 0.25) is 0 Å². The van der Waals surface area contributed by atoms with Crippen LogP contribution in [0.5, 0.6) is 0 Å². The number of nitrogens with zero attached hydrogens (tertiary/aromatic N) is 6. The molecule has 4 aliphatic rings. The van der Waals surface area contributed by atoms with E-state index in [2.05, 4.69) is 35.4 Å². The summed E-state index contributed by atoms with van der Waals surface area (Å²) in [5.41, 5.74) is 3.00. The lowest BCUT2D eigenvalue weighted by atomic mass is 10.1. The fourth-order valence-electron chi connectivity index (χ4n) is 6.30. The largest absolute Gasteiger partial charge is 0.381 e. The Bertz CT molecular complexity index is 1600. The number of pyridine rings is 1. The van der Waals surface area contributed by atoms with Gasteiger partial charge in [-0.2, -0.15) is 4.98 Å². The molecule has 11 nitrogen and oxygen atoms in total. The van der Waals surface area contributed by atoms with E-state index in [0.717, 1.165) is 50.8 Å². The Morgan fingerprint density at radius 2 is 1.95 bits per heavy atom. The number of rotatable bonds is 6. The van der Waals surface area contributed by atoms with Crippen LogP contribution in [-0.4, -0.2) is 77.1 Å². The van der Waals surface area contributed by atoms with Crippen LogP contribution in [0.15, 0.2) is 28.0 Å². The molecule has 3 aromatic rings. The highest BCUT2D eigenvalue weighted by atomic mass is 19.1. The zero-order valence-electron chi connectivity index (χ0n) is 22.5. The normalized spacial score (nSPS) is 23.3. The molecule has 208 valence electrons. The average Bonchev–Trinajstić information content (AvgIpc) is 3.35. The maximum atomic E-state index is 15.6. The van der Waals surface area contributed by atoms with E-state index in [1.165, 1.54) is 10.9 Å². The molecule has 0 bridgehead atoms. The minimum atomic E-state index is -0.503. The van der Waals surface area contributed by atoms with Gasteiger partial charge in [0.05, 0.1) is 42.0 Å². The molecule has 0 spiro atoms. The molecule has 3 aliphatic heterocycles. The van der Waals surface area contributed by atoms with Gasteiger partial charge >= 0.3 is 5.69 Å². The Labute approximate surface area is 230 Å². The van der Waals surface area contributed by atoms with Gasteiger partial charge in [-0.15, -0.1) is 0 Å². The number of benzene rings is 1. The summed E-state index contributed by atoms with van der Waals surface area (Å²) in [4.78, 5) is 42.6. The first kappa shape index (κ1) is 25.1. The van der Waals surface area contributed by atoms with Crippen molar-refractivity contribution in [3.8, 4) is 0 Å². The lowest BCUT2D eigenvalue weighted by Crippen LogP contribution is -2.46. The Morgan fingerprint density at radius 3 is 2.67 bits per heavy atom. The number of nitrogens with one attached hydrogen (secondary N) is 2. The molecule has 40 heavy (non-hydrogen) atoms. The predicted molar refractivity (Wildman–Crippen MR) is 149 cm³/mol. The van der Waals surface area contributed by atoms with E-state index in [9.17, 15) is 9.59 Å². The van der Waals surface area contributed by atoms with Gasteiger partial charge in [0.2, 0.25) is 0 Å². The van der Waals surface area contributed by atoms with Crippen molar-refractivity contribution in [2.45, 2.75) is 33.0 Å². The highest BCUT2D eigenvalue weighted by Crippen LogP contribution is 2.44. The molecule has 0 radical (unpaired) electrons. The van der Waals surface area contributed by atoms with E-state index in [1.807, 2.05) is 19.9 Å². The Hall–Kier alpha value is -3.90. The smallest absolute Gasteiger partial charge is 0.349 e. The molecular weight excluding hydrogens is 515 g/mol. The first-order chi connectivity index (χ1) is 19.4. The highest BCUT2D eigenvalue weighted by molar-refractivity contribution is 6.06. The van der Waals surface area contributed by atoms with Gasteiger partial charge in [-0.1, -0.05) is 0 Å². The van der Waals surface area contributed by atoms with Crippen molar-refractivity contribution >= 4 is 40.3 Å². The molecule has 1 saturated carbocycles. The van der Waals surface area contributed by atoms with E-state index >= 15 is 4.39 Å². The van der Waals surface area contributed by atoms with Crippen LogP contribution in [0.1, 0.15) is 28.7 Å². The van der Waals surface area contributed by atoms with Gasteiger partial charge < -0.3 is 20.3 Å². The summed E-state index contributed by atoms with van der Waals surface area (Å²) in [5.74, 6) is 0.720. The maximum Gasteiger partial charge on any atom is 0.349 e. The van der Waals surface area contributed by atoms with Gasteiger partial charge in [-0.25, -0.2) is 19.2 Å². The molecule has 1 unspecified atom stereocenters. The summed E-state index contributed by atoms with van der Waals surface area (Å²) in [6, 6.07) is 5.76.